The summed E-state index contributed by atoms with van der Waals surface area (Å²) in [7, 11) is 0. The van der Waals surface area contributed by atoms with Gasteiger partial charge < -0.3 is 10.5 Å². The van der Waals surface area contributed by atoms with Crippen molar-refractivity contribution in [2.24, 2.45) is 5.73 Å². The Morgan fingerprint density at radius 1 is 1.47 bits per heavy atom. The lowest BCUT2D eigenvalue weighted by atomic mass is 10.2. The minimum atomic E-state index is -0.587. The minimum absolute atomic E-state index is 0.0409. The second kappa shape index (κ2) is 6.69. The second-order valence-electron chi connectivity index (χ2n) is 4.20. The summed E-state index contributed by atoms with van der Waals surface area (Å²) in [4.78, 5) is 23.3. The molecule has 0 aliphatic carbocycles. The molecule has 19 heavy (non-hydrogen) atoms. The predicted molar refractivity (Wildman–Crippen MR) is 69.3 cm³/mol. The number of ether oxygens (including phenoxy) is 1. The molecule has 0 aliphatic heterocycles. The molecule has 0 bridgehead atoms. The van der Waals surface area contributed by atoms with E-state index in [2.05, 4.69) is 0 Å². The summed E-state index contributed by atoms with van der Waals surface area (Å²) in [5.41, 5.74) is 5.85. The third kappa shape index (κ3) is 4.22. The van der Waals surface area contributed by atoms with Gasteiger partial charge in [-0.15, -0.1) is 0 Å². The first-order valence-electron chi connectivity index (χ1n) is 5.83. The van der Waals surface area contributed by atoms with Crippen LogP contribution >= 0.6 is 0 Å². The molecule has 0 saturated carbocycles. The van der Waals surface area contributed by atoms with Crippen LogP contribution in [0.25, 0.3) is 0 Å². The zero-order valence-corrected chi connectivity index (χ0v) is 10.9. The summed E-state index contributed by atoms with van der Waals surface area (Å²) in [5.74, 6) is 0. The Bertz CT molecular complexity index is 462. The molecule has 2 N–H and O–H groups in total. The standard InChI is InChI=1S/C12H17N3O4/c1-9(2)19-12(16)14(8-13)7-10-5-3-4-6-11(10)15(17)18/h3-6,9H,7-8,13H2,1-2H3. The Kier molecular flexibility index (Phi) is 5.25. The lowest BCUT2D eigenvalue weighted by Gasteiger charge is -2.21. The third-order valence-corrected chi connectivity index (χ3v) is 2.36. The van der Waals surface area contributed by atoms with Crippen molar-refractivity contribution in [3.8, 4) is 0 Å². The van der Waals surface area contributed by atoms with Crippen LogP contribution in [0, 0.1) is 10.1 Å². The number of benzene rings is 1. The van der Waals surface area contributed by atoms with Crippen LogP contribution in [0.4, 0.5) is 10.5 Å². The van der Waals surface area contributed by atoms with Crippen molar-refractivity contribution in [2.45, 2.75) is 26.5 Å². The van der Waals surface area contributed by atoms with Gasteiger partial charge in [0.1, 0.15) is 0 Å². The van der Waals surface area contributed by atoms with Gasteiger partial charge in [0.05, 0.1) is 24.2 Å². The fourth-order valence-corrected chi connectivity index (χ4v) is 1.51. The first kappa shape index (κ1) is 14.9. The number of nitro groups is 1. The number of nitrogens with zero attached hydrogens (tertiary/aromatic N) is 2. The maximum atomic E-state index is 11.7. The Hall–Kier alpha value is -2.15. The number of carbonyl (C=O) groups is 1. The third-order valence-electron chi connectivity index (χ3n) is 2.36. The van der Waals surface area contributed by atoms with E-state index in [9.17, 15) is 14.9 Å². The highest BCUT2D eigenvalue weighted by Gasteiger charge is 2.20. The number of rotatable bonds is 5. The SMILES string of the molecule is CC(C)OC(=O)N(CN)Cc1ccccc1[N+](=O)[O-]. The molecule has 0 fully saturated rings. The molecule has 0 heterocycles. The van der Waals surface area contributed by atoms with Gasteiger partial charge in [0.15, 0.2) is 0 Å². The number of para-hydroxylation sites is 1. The van der Waals surface area contributed by atoms with Crippen LogP contribution in [-0.2, 0) is 11.3 Å². The monoisotopic (exact) mass is 267 g/mol. The Balaban J connectivity index is 2.87. The number of nitrogens with two attached hydrogens (primary N) is 1. The van der Waals surface area contributed by atoms with E-state index in [0.29, 0.717) is 5.56 Å². The van der Waals surface area contributed by atoms with Gasteiger partial charge in [0.25, 0.3) is 5.69 Å². The topological polar surface area (TPSA) is 98.7 Å². The van der Waals surface area contributed by atoms with Crippen molar-refractivity contribution in [1.82, 2.24) is 4.90 Å². The van der Waals surface area contributed by atoms with E-state index in [4.69, 9.17) is 10.5 Å². The quantitative estimate of drug-likeness (QED) is 0.498. The Morgan fingerprint density at radius 2 is 2.11 bits per heavy atom. The molecule has 0 saturated heterocycles. The molecular weight excluding hydrogens is 250 g/mol. The number of carbonyl (C=O) groups excluding carboxylic acids is 1. The van der Waals surface area contributed by atoms with Gasteiger partial charge in [-0.3, -0.25) is 15.0 Å². The molecule has 1 aromatic rings. The average molecular weight is 267 g/mol. The van der Waals surface area contributed by atoms with E-state index in [1.807, 2.05) is 0 Å². The summed E-state index contributed by atoms with van der Waals surface area (Å²) in [6.45, 7) is 3.41. The fourth-order valence-electron chi connectivity index (χ4n) is 1.51. The van der Waals surface area contributed by atoms with Crippen LogP contribution in [-0.4, -0.2) is 28.7 Å². The lowest BCUT2D eigenvalue weighted by Crippen LogP contribution is -2.37. The highest BCUT2D eigenvalue weighted by atomic mass is 16.6. The highest BCUT2D eigenvalue weighted by Crippen LogP contribution is 2.19. The van der Waals surface area contributed by atoms with Crippen LogP contribution in [0.1, 0.15) is 19.4 Å². The highest BCUT2D eigenvalue weighted by molar-refractivity contribution is 5.68. The summed E-state index contributed by atoms with van der Waals surface area (Å²) >= 11 is 0. The molecule has 0 unspecified atom stereocenters. The van der Waals surface area contributed by atoms with E-state index in [1.165, 1.54) is 11.0 Å². The molecule has 7 heteroatoms. The van der Waals surface area contributed by atoms with Gasteiger partial charge in [0.2, 0.25) is 0 Å². The molecule has 0 aromatic heterocycles. The van der Waals surface area contributed by atoms with Crippen LogP contribution in [0.3, 0.4) is 0 Å². The fraction of sp³-hybridized carbons (Fsp3) is 0.417. The van der Waals surface area contributed by atoms with E-state index >= 15 is 0 Å². The van der Waals surface area contributed by atoms with Crippen molar-refractivity contribution in [2.75, 3.05) is 6.67 Å². The number of nitro benzene ring substituents is 1. The van der Waals surface area contributed by atoms with Crippen molar-refractivity contribution >= 4 is 11.8 Å². The zero-order valence-electron chi connectivity index (χ0n) is 10.9. The molecule has 0 atom stereocenters. The number of hydrogen-bond acceptors (Lipinski definition) is 5. The first-order valence-corrected chi connectivity index (χ1v) is 5.83. The molecule has 7 nitrogen and oxygen atoms in total. The smallest absolute Gasteiger partial charge is 0.411 e. The van der Waals surface area contributed by atoms with Crippen LogP contribution in [0.2, 0.25) is 0 Å². The summed E-state index contributed by atoms with van der Waals surface area (Å²) in [6, 6.07) is 6.22. The van der Waals surface area contributed by atoms with Gasteiger partial charge in [-0.05, 0) is 13.8 Å². The van der Waals surface area contributed by atoms with E-state index in [0.717, 1.165) is 0 Å². The first-order chi connectivity index (χ1) is 8.95. The molecule has 1 aromatic carbocycles. The normalized spacial score (nSPS) is 10.3. The molecule has 104 valence electrons. The second-order valence-corrected chi connectivity index (χ2v) is 4.20. The molecular formula is C12H17N3O4. The Labute approximate surface area is 111 Å². The van der Waals surface area contributed by atoms with Crippen LogP contribution in [0.15, 0.2) is 24.3 Å². The van der Waals surface area contributed by atoms with Crippen molar-refractivity contribution in [1.29, 1.82) is 0 Å². The molecule has 1 amide bonds. The van der Waals surface area contributed by atoms with E-state index in [-0.39, 0.29) is 25.0 Å². The van der Waals surface area contributed by atoms with Gasteiger partial charge in [-0.25, -0.2) is 4.79 Å². The molecule has 1 rings (SSSR count). The molecule has 0 spiro atoms. The maximum Gasteiger partial charge on any atom is 0.411 e. The minimum Gasteiger partial charge on any atom is -0.447 e. The van der Waals surface area contributed by atoms with Gasteiger partial charge in [-0.1, -0.05) is 18.2 Å². The molecule has 0 radical (unpaired) electrons. The van der Waals surface area contributed by atoms with Gasteiger partial charge >= 0.3 is 6.09 Å². The summed E-state index contributed by atoms with van der Waals surface area (Å²) in [5, 5.41) is 10.9. The van der Waals surface area contributed by atoms with Crippen molar-refractivity contribution < 1.29 is 14.5 Å². The average Bonchev–Trinajstić information content (AvgIpc) is 2.35. The zero-order chi connectivity index (χ0) is 14.4. The number of hydrogen-bond donors (Lipinski definition) is 1. The largest absolute Gasteiger partial charge is 0.447 e. The van der Waals surface area contributed by atoms with E-state index in [1.54, 1.807) is 32.0 Å². The van der Waals surface area contributed by atoms with Crippen molar-refractivity contribution in [3.05, 3.63) is 39.9 Å². The van der Waals surface area contributed by atoms with E-state index < -0.39 is 11.0 Å². The summed E-state index contributed by atoms with van der Waals surface area (Å²) < 4.78 is 5.01. The predicted octanol–water partition coefficient (Wildman–Crippen LogP) is 1.86. The maximum absolute atomic E-state index is 11.7. The summed E-state index contributed by atoms with van der Waals surface area (Å²) in [6.07, 6.45) is -0.858. The van der Waals surface area contributed by atoms with Crippen molar-refractivity contribution in [3.63, 3.8) is 0 Å². The van der Waals surface area contributed by atoms with Gasteiger partial charge in [0, 0.05) is 11.6 Å². The van der Waals surface area contributed by atoms with Crippen LogP contribution < -0.4 is 5.73 Å². The number of amides is 1. The lowest BCUT2D eigenvalue weighted by molar-refractivity contribution is -0.385. The van der Waals surface area contributed by atoms with Gasteiger partial charge in [-0.2, -0.15) is 0 Å². The molecule has 0 aliphatic rings. The van der Waals surface area contributed by atoms with Crippen LogP contribution in [0.5, 0.6) is 0 Å². The Morgan fingerprint density at radius 3 is 2.63 bits per heavy atom.